The first-order valence-corrected chi connectivity index (χ1v) is 11.5. The monoisotopic (exact) mass is 453 g/mol. The minimum atomic E-state index is -0.726. The molecular weight excluding hydrogens is 426 g/mol. The molecule has 5 rings (SSSR count). The summed E-state index contributed by atoms with van der Waals surface area (Å²) in [5.74, 6) is 7.80. The van der Waals surface area contributed by atoms with E-state index in [9.17, 15) is 10.2 Å². The standard InChI is InChI=1S/C27H27N5O2/c1-18(34)27-28-12-13-32(27)25(17-33)11-4-19-2-5-20(6-3-19)21-7-9-22(10-8-21)23-14-24(15-23)26-16-29-31-30-26/h2-3,5-10,12-13,16,18,23-25,33-34H,14-15,17H2,1H3,(H,29,30,31)/t18-,23?,24?,25-/m0/s1. The van der Waals surface area contributed by atoms with Crippen LogP contribution in [-0.4, -0.2) is 41.8 Å². The lowest BCUT2D eigenvalue weighted by atomic mass is 9.70. The molecule has 7 nitrogen and oxygen atoms in total. The van der Waals surface area contributed by atoms with Gasteiger partial charge in [-0.1, -0.05) is 48.2 Å². The van der Waals surface area contributed by atoms with Gasteiger partial charge in [-0.3, -0.25) is 0 Å². The summed E-state index contributed by atoms with van der Waals surface area (Å²) in [7, 11) is 0. The molecule has 2 aromatic heterocycles. The van der Waals surface area contributed by atoms with E-state index in [-0.39, 0.29) is 6.61 Å². The molecule has 2 heterocycles. The van der Waals surface area contributed by atoms with Gasteiger partial charge < -0.3 is 14.8 Å². The number of imidazole rings is 1. The van der Waals surface area contributed by atoms with Gasteiger partial charge in [0.1, 0.15) is 18.0 Å². The lowest BCUT2D eigenvalue weighted by Gasteiger charge is -2.34. The SMILES string of the molecule is C[C@H](O)c1nccn1[C@@H](C#Cc1ccc(-c2ccc(C3CC(c4cn[nH]n4)C3)cc2)cc1)CO. The van der Waals surface area contributed by atoms with Crippen LogP contribution in [0.1, 0.15) is 66.4 Å². The van der Waals surface area contributed by atoms with Crippen molar-refractivity contribution in [2.24, 2.45) is 0 Å². The third kappa shape index (κ3) is 4.51. The smallest absolute Gasteiger partial charge is 0.138 e. The van der Waals surface area contributed by atoms with Crippen LogP contribution in [0.2, 0.25) is 0 Å². The van der Waals surface area contributed by atoms with Crippen molar-refractivity contribution in [2.75, 3.05) is 6.61 Å². The Hall–Kier alpha value is -3.73. The molecule has 7 heteroatoms. The largest absolute Gasteiger partial charge is 0.393 e. The quantitative estimate of drug-likeness (QED) is 0.384. The number of aromatic nitrogens is 5. The van der Waals surface area contributed by atoms with Gasteiger partial charge in [0.05, 0.1) is 18.5 Å². The van der Waals surface area contributed by atoms with Crippen LogP contribution in [0.15, 0.2) is 67.1 Å². The molecule has 0 saturated heterocycles. The molecule has 172 valence electrons. The second-order valence-corrected chi connectivity index (χ2v) is 8.80. The van der Waals surface area contributed by atoms with Crippen molar-refractivity contribution in [3.8, 4) is 23.0 Å². The lowest BCUT2D eigenvalue weighted by molar-refractivity contribution is 0.176. The Labute approximate surface area is 198 Å². The number of benzene rings is 2. The van der Waals surface area contributed by atoms with E-state index in [0.717, 1.165) is 29.7 Å². The minimum Gasteiger partial charge on any atom is -0.393 e. The van der Waals surface area contributed by atoms with Crippen molar-refractivity contribution in [2.45, 2.75) is 43.7 Å². The van der Waals surface area contributed by atoms with Crippen LogP contribution in [-0.2, 0) is 0 Å². The average molecular weight is 454 g/mol. The molecule has 1 saturated carbocycles. The fraction of sp³-hybridized carbons (Fsp3) is 0.296. The number of aromatic amines is 1. The fourth-order valence-corrected chi connectivity index (χ4v) is 4.51. The van der Waals surface area contributed by atoms with E-state index in [1.807, 2.05) is 18.3 Å². The van der Waals surface area contributed by atoms with Gasteiger partial charge >= 0.3 is 0 Å². The summed E-state index contributed by atoms with van der Waals surface area (Å²) in [5.41, 5.74) is 5.61. The Kier molecular flexibility index (Phi) is 6.26. The van der Waals surface area contributed by atoms with Crippen molar-refractivity contribution in [1.29, 1.82) is 0 Å². The Morgan fingerprint density at radius 3 is 2.38 bits per heavy atom. The zero-order valence-electron chi connectivity index (χ0n) is 19.0. The van der Waals surface area contributed by atoms with Crippen molar-refractivity contribution >= 4 is 0 Å². The van der Waals surface area contributed by atoms with E-state index in [1.54, 1.807) is 23.9 Å². The summed E-state index contributed by atoms with van der Waals surface area (Å²) < 4.78 is 1.71. The maximum atomic E-state index is 9.86. The molecule has 0 amide bonds. The maximum absolute atomic E-state index is 9.86. The molecular formula is C27H27N5O2. The van der Waals surface area contributed by atoms with Crippen LogP contribution in [0.25, 0.3) is 11.1 Å². The van der Waals surface area contributed by atoms with Gasteiger partial charge in [0, 0.05) is 23.9 Å². The molecule has 4 aromatic rings. The van der Waals surface area contributed by atoms with Gasteiger partial charge in [-0.15, -0.1) is 0 Å². The predicted molar refractivity (Wildman–Crippen MR) is 129 cm³/mol. The van der Waals surface area contributed by atoms with Gasteiger partial charge in [0.25, 0.3) is 0 Å². The third-order valence-corrected chi connectivity index (χ3v) is 6.55. The molecule has 0 bridgehead atoms. The van der Waals surface area contributed by atoms with Gasteiger partial charge in [-0.25, -0.2) is 4.98 Å². The molecule has 2 atom stereocenters. The molecule has 1 aliphatic carbocycles. The normalized spacial score (nSPS) is 19.0. The van der Waals surface area contributed by atoms with Crippen molar-refractivity contribution < 1.29 is 10.2 Å². The van der Waals surface area contributed by atoms with Crippen LogP contribution in [0.4, 0.5) is 0 Å². The number of nitrogens with zero attached hydrogens (tertiary/aromatic N) is 4. The number of H-pyrrole nitrogens is 1. The fourth-order valence-electron chi connectivity index (χ4n) is 4.51. The topological polar surface area (TPSA) is 99.9 Å². The molecule has 0 radical (unpaired) electrons. The summed E-state index contributed by atoms with van der Waals surface area (Å²) in [5, 5.41) is 30.5. The Bertz CT molecular complexity index is 1280. The highest BCUT2D eigenvalue weighted by atomic mass is 16.3. The van der Waals surface area contributed by atoms with E-state index in [0.29, 0.717) is 17.7 Å². The number of aliphatic hydroxyl groups excluding tert-OH is 2. The second kappa shape index (κ2) is 9.64. The summed E-state index contributed by atoms with van der Waals surface area (Å²) >= 11 is 0. The van der Waals surface area contributed by atoms with Crippen LogP contribution < -0.4 is 0 Å². The Morgan fingerprint density at radius 1 is 1.06 bits per heavy atom. The lowest BCUT2D eigenvalue weighted by Crippen LogP contribution is -2.20. The maximum Gasteiger partial charge on any atom is 0.138 e. The molecule has 0 unspecified atom stereocenters. The van der Waals surface area contributed by atoms with Crippen molar-refractivity contribution in [3.05, 3.63) is 89.8 Å². The third-order valence-electron chi connectivity index (χ3n) is 6.55. The molecule has 34 heavy (non-hydrogen) atoms. The zero-order chi connectivity index (χ0) is 23.5. The van der Waals surface area contributed by atoms with Gasteiger partial charge in [0.2, 0.25) is 0 Å². The second-order valence-electron chi connectivity index (χ2n) is 8.80. The molecule has 0 spiro atoms. The number of rotatable bonds is 6. The molecule has 0 aliphatic heterocycles. The number of hydrogen-bond donors (Lipinski definition) is 3. The van der Waals surface area contributed by atoms with Crippen molar-refractivity contribution in [3.63, 3.8) is 0 Å². The summed E-state index contributed by atoms with van der Waals surface area (Å²) in [6, 6.07) is 16.5. The van der Waals surface area contributed by atoms with Gasteiger partial charge in [-0.2, -0.15) is 15.4 Å². The number of aliphatic hydroxyl groups is 2. The Balaban J connectivity index is 1.24. The minimum absolute atomic E-state index is 0.159. The van der Waals surface area contributed by atoms with Crippen molar-refractivity contribution in [1.82, 2.24) is 25.0 Å². The highest BCUT2D eigenvalue weighted by molar-refractivity contribution is 5.64. The summed E-state index contributed by atoms with van der Waals surface area (Å²) in [4.78, 5) is 4.15. The first-order chi connectivity index (χ1) is 16.6. The predicted octanol–water partition coefficient (Wildman–Crippen LogP) is 3.97. The van der Waals surface area contributed by atoms with E-state index in [4.69, 9.17) is 0 Å². The highest BCUT2D eigenvalue weighted by Crippen LogP contribution is 2.46. The zero-order valence-corrected chi connectivity index (χ0v) is 19.0. The van der Waals surface area contributed by atoms with E-state index >= 15 is 0 Å². The van der Waals surface area contributed by atoms with Crippen LogP contribution >= 0.6 is 0 Å². The molecule has 3 N–H and O–H groups in total. The number of nitrogens with one attached hydrogen (secondary N) is 1. The Morgan fingerprint density at radius 2 is 1.76 bits per heavy atom. The average Bonchev–Trinajstić information content (AvgIpc) is 3.52. The first-order valence-electron chi connectivity index (χ1n) is 11.5. The molecule has 2 aromatic carbocycles. The van der Waals surface area contributed by atoms with E-state index < -0.39 is 12.1 Å². The van der Waals surface area contributed by atoms with Gasteiger partial charge in [-0.05, 0) is 54.5 Å². The summed E-state index contributed by atoms with van der Waals surface area (Å²) in [6.45, 7) is 1.49. The van der Waals surface area contributed by atoms with Crippen LogP contribution in [0.3, 0.4) is 0 Å². The first kappa shape index (κ1) is 22.1. The van der Waals surface area contributed by atoms with Crippen LogP contribution in [0.5, 0.6) is 0 Å². The summed E-state index contributed by atoms with van der Waals surface area (Å²) in [6.07, 6.45) is 6.66. The molecule has 1 fully saturated rings. The molecule has 1 aliphatic rings. The van der Waals surface area contributed by atoms with Crippen LogP contribution in [0, 0.1) is 11.8 Å². The highest BCUT2D eigenvalue weighted by Gasteiger charge is 2.32. The number of hydrogen-bond acceptors (Lipinski definition) is 5. The van der Waals surface area contributed by atoms with Gasteiger partial charge in [0.15, 0.2) is 0 Å². The van der Waals surface area contributed by atoms with E-state index in [2.05, 4.69) is 68.6 Å². The van der Waals surface area contributed by atoms with E-state index in [1.165, 1.54) is 11.1 Å².